The second-order valence-electron chi connectivity index (χ2n) is 5.72. The molecule has 2 atom stereocenters. The summed E-state index contributed by atoms with van der Waals surface area (Å²) in [4.78, 5) is 14.4. The highest BCUT2D eigenvalue weighted by Gasteiger charge is 2.29. The number of halogens is 1. The fourth-order valence-electron chi connectivity index (χ4n) is 2.72. The summed E-state index contributed by atoms with van der Waals surface area (Å²) in [5.74, 6) is 0.0889. The molecule has 2 heterocycles. The average molecular weight is 320 g/mol. The van der Waals surface area contributed by atoms with Gasteiger partial charge in [0, 0.05) is 23.7 Å². The van der Waals surface area contributed by atoms with Gasteiger partial charge in [-0.1, -0.05) is 36.7 Å². The van der Waals surface area contributed by atoms with E-state index in [1.807, 2.05) is 25.1 Å². The third kappa shape index (κ3) is 2.74. The molecule has 0 saturated carbocycles. The Labute approximate surface area is 133 Å². The Kier molecular flexibility index (Phi) is 4.18. The number of nitrogens with one attached hydrogen (secondary N) is 1. The number of aromatic amines is 1. The maximum Gasteiger partial charge on any atom is 0.257 e. The fraction of sp³-hybridized carbons (Fsp3) is 0.375. The Morgan fingerprint density at radius 1 is 1.45 bits per heavy atom. The summed E-state index contributed by atoms with van der Waals surface area (Å²) in [7, 11) is 0. The third-order valence-corrected chi connectivity index (χ3v) is 4.55. The van der Waals surface area contributed by atoms with E-state index in [4.69, 9.17) is 11.6 Å². The van der Waals surface area contributed by atoms with Gasteiger partial charge in [-0.3, -0.25) is 9.89 Å². The summed E-state index contributed by atoms with van der Waals surface area (Å²) in [6, 6.07) is 7.33. The number of H-pyrrole nitrogens is 1. The van der Waals surface area contributed by atoms with Gasteiger partial charge in [-0.15, -0.1) is 0 Å². The van der Waals surface area contributed by atoms with E-state index < -0.39 is 6.10 Å². The van der Waals surface area contributed by atoms with Crippen LogP contribution in [0.15, 0.2) is 30.5 Å². The summed E-state index contributed by atoms with van der Waals surface area (Å²) in [6.45, 7) is 3.00. The van der Waals surface area contributed by atoms with Gasteiger partial charge in [-0.05, 0) is 18.4 Å². The minimum absolute atomic E-state index is 0.130. The number of piperidine rings is 1. The molecule has 1 aromatic carbocycles. The Balaban J connectivity index is 1.89. The number of aliphatic hydroxyl groups is 1. The Bertz CT molecular complexity index is 686. The van der Waals surface area contributed by atoms with Gasteiger partial charge >= 0.3 is 0 Å². The largest absolute Gasteiger partial charge is 0.391 e. The maximum atomic E-state index is 12.7. The summed E-state index contributed by atoms with van der Waals surface area (Å²) >= 11 is 6.21. The van der Waals surface area contributed by atoms with Crippen molar-refractivity contribution < 1.29 is 9.90 Å². The van der Waals surface area contributed by atoms with E-state index in [1.165, 1.54) is 6.20 Å². The quantitative estimate of drug-likeness (QED) is 0.894. The Morgan fingerprint density at radius 3 is 2.95 bits per heavy atom. The van der Waals surface area contributed by atoms with Gasteiger partial charge in [0.2, 0.25) is 0 Å². The van der Waals surface area contributed by atoms with Crippen molar-refractivity contribution in [3.8, 4) is 11.3 Å². The summed E-state index contributed by atoms with van der Waals surface area (Å²) in [5.41, 5.74) is 1.84. The summed E-state index contributed by atoms with van der Waals surface area (Å²) in [5, 5.41) is 17.4. The van der Waals surface area contributed by atoms with Gasteiger partial charge < -0.3 is 10.0 Å². The average Bonchev–Trinajstić information content (AvgIpc) is 2.99. The molecule has 5 nitrogen and oxygen atoms in total. The standard InChI is InChI=1S/C16H18ClN3O2/c1-10-6-7-20(9-14(10)21)16(22)12-8-18-19-15(12)11-4-2-3-5-13(11)17/h2-5,8,10,14,21H,6-7,9H2,1H3,(H,18,19)/t10-,14+/m0/s1. The first kappa shape index (κ1) is 15.1. The number of nitrogens with zero attached hydrogens (tertiary/aromatic N) is 2. The van der Waals surface area contributed by atoms with Crippen molar-refractivity contribution in [1.82, 2.24) is 15.1 Å². The van der Waals surface area contributed by atoms with E-state index in [0.717, 1.165) is 12.0 Å². The number of aromatic nitrogens is 2. The molecule has 1 aromatic heterocycles. The number of hydrogen-bond donors (Lipinski definition) is 2. The lowest BCUT2D eigenvalue weighted by atomic mass is 9.95. The predicted molar refractivity (Wildman–Crippen MR) is 84.7 cm³/mol. The molecule has 116 valence electrons. The minimum Gasteiger partial charge on any atom is -0.391 e. The first-order chi connectivity index (χ1) is 10.6. The van der Waals surface area contributed by atoms with Crippen molar-refractivity contribution in [2.24, 2.45) is 5.92 Å². The van der Waals surface area contributed by atoms with Crippen LogP contribution in [0.5, 0.6) is 0 Å². The van der Waals surface area contributed by atoms with Crippen LogP contribution < -0.4 is 0 Å². The number of amides is 1. The van der Waals surface area contributed by atoms with E-state index >= 15 is 0 Å². The molecule has 1 fully saturated rings. The topological polar surface area (TPSA) is 69.2 Å². The van der Waals surface area contributed by atoms with Crippen LogP contribution in [0.3, 0.4) is 0 Å². The zero-order chi connectivity index (χ0) is 15.7. The fourth-order valence-corrected chi connectivity index (χ4v) is 2.95. The van der Waals surface area contributed by atoms with Crippen LogP contribution in [0.2, 0.25) is 5.02 Å². The molecule has 3 rings (SSSR count). The van der Waals surface area contributed by atoms with Crippen LogP contribution in [0, 0.1) is 5.92 Å². The SMILES string of the molecule is C[C@H]1CCN(C(=O)c2cn[nH]c2-c2ccccc2Cl)C[C@H]1O. The Morgan fingerprint density at radius 2 is 2.23 bits per heavy atom. The molecule has 0 spiro atoms. The van der Waals surface area contributed by atoms with Crippen molar-refractivity contribution in [1.29, 1.82) is 0 Å². The number of rotatable bonds is 2. The number of β-amino-alcohol motifs (C(OH)–C–C–N with tert-alkyl or cyclic N) is 1. The van der Waals surface area contributed by atoms with Crippen molar-refractivity contribution >= 4 is 17.5 Å². The van der Waals surface area contributed by atoms with Crippen molar-refractivity contribution in [3.05, 3.63) is 41.0 Å². The van der Waals surface area contributed by atoms with Crippen molar-refractivity contribution in [2.45, 2.75) is 19.4 Å². The van der Waals surface area contributed by atoms with Gasteiger partial charge in [0.25, 0.3) is 5.91 Å². The van der Waals surface area contributed by atoms with Gasteiger partial charge in [0.05, 0.1) is 23.6 Å². The van der Waals surface area contributed by atoms with Gasteiger partial charge in [0.15, 0.2) is 0 Å². The van der Waals surface area contributed by atoms with Crippen LogP contribution in [0.4, 0.5) is 0 Å². The second-order valence-corrected chi connectivity index (χ2v) is 6.13. The predicted octanol–water partition coefficient (Wildman–Crippen LogP) is 2.57. The highest BCUT2D eigenvalue weighted by Crippen LogP contribution is 2.29. The first-order valence-electron chi connectivity index (χ1n) is 7.33. The number of carbonyl (C=O) groups is 1. The lowest BCUT2D eigenvalue weighted by Crippen LogP contribution is -2.45. The maximum absolute atomic E-state index is 12.7. The third-order valence-electron chi connectivity index (χ3n) is 4.22. The van der Waals surface area contributed by atoms with Gasteiger partial charge in [0.1, 0.15) is 0 Å². The molecule has 6 heteroatoms. The number of hydrogen-bond acceptors (Lipinski definition) is 3. The number of benzene rings is 1. The molecule has 0 bridgehead atoms. The normalized spacial score (nSPS) is 21.9. The van der Waals surface area contributed by atoms with E-state index in [0.29, 0.717) is 29.4 Å². The molecule has 2 aromatic rings. The number of aliphatic hydroxyl groups excluding tert-OH is 1. The number of likely N-dealkylation sites (tertiary alicyclic amines) is 1. The van der Waals surface area contributed by atoms with Gasteiger partial charge in [-0.2, -0.15) is 5.10 Å². The lowest BCUT2D eigenvalue weighted by Gasteiger charge is -2.34. The van der Waals surface area contributed by atoms with E-state index in [1.54, 1.807) is 11.0 Å². The highest BCUT2D eigenvalue weighted by molar-refractivity contribution is 6.33. The molecule has 2 N–H and O–H groups in total. The molecule has 1 aliphatic rings. The molecule has 0 radical (unpaired) electrons. The summed E-state index contributed by atoms with van der Waals surface area (Å²) in [6.07, 6.45) is 1.84. The van der Waals surface area contributed by atoms with Crippen molar-refractivity contribution in [3.63, 3.8) is 0 Å². The van der Waals surface area contributed by atoms with Crippen LogP contribution in [0.25, 0.3) is 11.3 Å². The smallest absolute Gasteiger partial charge is 0.257 e. The minimum atomic E-state index is -0.478. The molecule has 1 aliphatic heterocycles. The zero-order valence-corrected chi connectivity index (χ0v) is 13.0. The molecular formula is C16H18ClN3O2. The van der Waals surface area contributed by atoms with Crippen LogP contribution in [-0.4, -0.2) is 45.3 Å². The van der Waals surface area contributed by atoms with Crippen LogP contribution in [0.1, 0.15) is 23.7 Å². The lowest BCUT2D eigenvalue weighted by molar-refractivity contribution is 0.0249. The highest BCUT2D eigenvalue weighted by atomic mass is 35.5. The molecule has 1 amide bonds. The van der Waals surface area contributed by atoms with Crippen LogP contribution in [-0.2, 0) is 0 Å². The molecule has 1 saturated heterocycles. The first-order valence-corrected chi connectivity index (χ1v) is 7.71. The van der Waals surface area contributed by atoms with Gasteiger partial charge in [-0.25, -0.2) is 0 Å². The van der Waals surface area contributed by atoms with E-state index in [2.05, 4.69) is 10.2 Å². The number of carbonyl (C=O) groups excluding carboxylic acids is 1. The van der Waals surface area contributed by atoms with E-state index in [9.17, 15) is 9.90 Å². The molecule has 0 unspecified atom stereocenters. The van der Waals surface area contributed by atoms with Crippen LogP contribution >= 0.6 is 11.6 Å². The van der Waals surface area contributed by atoms with E-state index in [-0.39, 0.29) is 11.8 Å². The second kappa shape index (κ2) is 6.10. The Hall–Kier alpha value is -1.85. The summed E-state index contributed by atoms with van der Waals surface area (Å²) < 4.78 is 0. The molecule has 22 heavy (non-hydrogen) atoms. The monoisotopic (exact) mass is 319 g/mol. The zero-order valence-electron chi connectivity index (χ0n) is 12.3. The molecule has 0 aliphatic carbocycles. The molecular weight excluding hydrogens is 302 g/mol. The van der Waals surface area contributed by atoms with Crippen molar-refractivity contribution in [2.75, 3.05) is 13.1 Å².